The molecule has 1 saturated heterocycles. The van der Waals surface area contributed by atoms with Crippen LogP contribution < -0.4 is 0 Å². The number of rotatable bonds is 4. The van der Waals surface area contributed by atoms with Gasteiger partial charge in [0.25, 0.3) is 0 Å². The summed E-state index contributed by atoms with van der Waals surface area (Å²) >= 11 is 5.76. The van der Waals surface area contributed by atoms with Crippen LogP contribution in [0.3, 0.4) is 0 Å². The van der Waals surface area contributed by atoms with Gasteiger partial charge in [-0.1, -0.05) is 18.2 Å². The van der Waals surface area contributed by atoms with E-state index in [2.05, 4.69) is 0 Å². The maximum absolute atomic E-state index is 13.5. The van der Waals surface area contributed by atoms with Crippen LogP contribution in [-0.2, 0) is 11.2 Å². The number of hydrogen-bond acceptors (Lipinski definition) is 1. The second-order valence-corrected chi connectivity index (χ2v) is 5.47. The lowest BCUT2D eigenvalue weighted by molar-refractivity contribution is -0.132. The normalized spacial score (nSPS) is 19.5. The summed E-state index contributed by atoms with van der Waals surface area (Å²) in [6, 6.07) is 6.47. The molecule has 104 valence electrons. The van der Waals surface area contributed by atoms with Crippen molar-refractivity contribution in [3.05, 3.63) is 35.6 Å². The quantitative estimate of drug-likeness (QED) is 0.777. The zero-order chi connectivity index (χ0) is 13.7. The number of amides is 1. The fourth-order valence-corrected chi connectivity index (χ4v) is 2.91. The average Bonchev–Trinajstić information content (AvgIpc) is 2.42. The molecule has 4 heteroatoms. The number of halogens is 2. The molecular formula is C15H19ClFNO. The zero-order valence-electron chi connectivity index (χ0n) is 10.9. The first-order valence-corrected chi connectivity index (χ1v) is 7.31. The lowest BCUT2D eigenvalue weighted by Gasteiger charge is -2.32. The first kappa shape index (κ1) is 14.3. The Morgan fingerprint density at radius 2 is 2.21 bits per heavy atom. The Morgan fingerprint density at radius 3 is 2.95 bits per heavy atom. The molecule has 1 aromatic rings. The van der Waals surface area contributed by atoms with E-state index in [1.807, 2.05) is 4.90 Å². The van der Waals surface area contributed by atoms with E-state index < -0.39 is 0 Å². The topological polar surface area (TPSA) is 20.3 Å². The highest BCUT2D eigenvalue weighted by molar-refractivity contribution is 6.17. The molecule has 1 aromatic carbocycles. The van der Waals surface area contributed by atoms with Crippen molar-refractivity contribution in [2.45, 2.75) is 25.7 Å². The number of piperidine rings is 1. The van der Waals surface area contributed by atoms with Gasteiger partial charge >= 0.3 is 0 Å². The lowest BCUT2D eigenvalue weighted by Crippen LogP contribution is -2.40. The van der Waals surface area contributed by atoms with Crippen LogP contribution in [0.15, 0.2) is 24.3 Å². The SMILES string of the molecule is O=C(Cc1ccccc1F)N1CCCC(CCCl)C1. The van der Waals surface area contributed by atoms with Gasteiger partial charge in [0, 0.05) is 19.0 Å². The maximum atomic E-state index is 13.5. The Hall–Kier alpha value is -1.09. The number of likely N-dealkylation sites (tertiary alicyclic amines) is 1. The Bertz CT molecular complexity index is 436. The fourth-order valence-electron chi connectivity index (χ4n) is 2.60. The van der Waals surface area contributed by atoms with Crippen LogP contribution in [0.2, 0.25) is 0 Å². The van der Waals surface area contributed by atoms with Gasteiger partial charge in [0.15, 0.2) is 0 Å². The van der Waals surface area contributed by atoms with Gasteiger partial charge in [-0.25, -0.2) is 4.39 Å². The smallest absolute Gasteiger partial charge is 0.227 e. The van der Waals surface area contributed by atoms with Crippen LogP contribution >= 0.6 is 11.6 Å². The second-order valence-electron chi connectivity index (χ2n) is 5.09. The van der Waals surface area contributed by atoms with Gasteiger partial charge in [-0.2, -0.15) is 0 Å². The molecular weight excluding hydrogens is 265 g/mol. The minimum Gasteiger partial charge on any atom is -0.342 e. The number of carbonyl (C=O) groups excluding carboxylic acids is 1. The van der Waals surface area contributed by atoms with Gasteiger partial charge in [-0.3, -0.25) is 4.79 Å². The van der Waals surface area contributed by atoms with Crippen molar-refractivity contribution in [3.8, 4) is 0 Å². The van der Waals surface area contributed by atoms with Crippen LogP contribution in [0.1, 0.15) is 24.8 Å². The summed E-state index contributed by atoms with van der Waals surface area (Å²) in [4.78, 5) is 14.1. The number of nitrogens with zero attached hydrogens (tertiary/aromatic N) is 1. The monoisotopic (exact) mass is 283 g/mol. The molecule has 0 bridgehead atoms. The van der Waals surface area contributed by atoms with E-state index in [1.165, 1.54) is 6.07 Å². The Labute approximate surface area is 118 Å². The Morgan fingerprint density at radius 1 is 1.42 bits per heavy atom. The van der Waals surface area contributed by atoms with Gasteiger partial charge < -0.3 is 4.90 Å². The van der Waals surface area contributed by atoms with Crippen molar-refractivity contribution >= 4 is 17.5 Å². The van der Waals surface area contributed by atoms with Crippen LogP contribution in [-0.4, -0.2) is 29.8 Å². The zero-order valence-corrected chi connectivity index (χ0v) is 11.7. The molecule has 1 aliphatic heterocycles. The van der Waals surface area contributed by atoms with E-state index in [9.17, 15) is 9.18 Å². The molecule has 1 heterocycles. The highest BCUT2D eigenvalue weighted by Crippen LogP contribution is 2.21. The van der Waals surface area contributed by atoms with Crippen LogP contribution in [0, 0.1) is 11.7 Å². The summed E-state index contributed by atoms with van der Waals surface area (Å²) in [5, 5.41) is 0. The van der Waals surface area contributed by atoms with E-state index in [0.717, 1.165) is 32.4 Å². The third-order valence-corrected chi connectivity index (χ3v) is 3.91. The largest absolute Gasteiger partial charge is 0.342 e. The van der Waals surface area contributed by atoms with Gasteiger partial charge in [-0.15, -0.1) is 11.6 Å². The van der Waals surface area contributed by atoms with Crippen LogP contribution in [0.5, 0.6) is 0 Å². The first-order chi connectivity index (χ1) is 9.20. The molecule has 1 amide bonds. The lowest BCUT2D eigenvalue weighted by atomic mass is 9.95. The highest BCUT2D eigenvalue weighted by atomic mass is 35.5. The molecule has 1 aliphatic rings. The van der Waals surface area contributed by atoms with Crippen LogP contribution in [0.4, 0.5) is 4.39 Å². The van der Waals surface area contributed by atoms with Crippen molar-refractivity contribution < 1.29 is 9.18 Å². The fraction of sp³-hybridized carbons (Fsp3) is 0.533. The predicted octanol–water partition coefficient (Wildman–Crippen LogP) is 3.24. The van der Waals surface area contributed by atoms with Gasteiger partial charge in [-0.05, 0) is 36.8 Å². The number of hydrogen-bond donors (Lipinski definition) is 0. The van der Waals surface area contributed by atoms with E-state index in [1.54, 1.807) is 18.2 Å². The third kappa shape index (κ3) is 3.93. The molecule has 0 aliphatic carbocycles. The number of carbonyl (C=O) groups is 1. The Balaban J connectivity index is 1.94. The van der Waals surface area contributed by atoms with Crippen molar-refractivity contribution in [2.75, 3.05) is 19.0 Å². The summed E-state index contributed by atoms with van der Waals surface area (Å²) < 4.78 is 13.5. The maximum Gasteiger partial charge on any atom is 0.227 e. The molecule has 0 radical (unpaired) electrons. The molecule has 2 rings (SSSR count). The van der Waals surface area contributed by atoms with Crippen molar-refractivity contribution in [1.29, 1.82) is 0 Å². The molecule has 0 aromatic heterocycles. The molecule has 0 spiro atoms. The number of benzene rings is 1. The predicted molar refractivity (Wildman–Crippen MR) is 74.7 cm³/mol. The first-order valence-electron chi connectivity index (χ1n) is 6.78. The van der Waals surface area contributed by atoms with Crippen molar-refractivity contribution in [3.63, 3.8) is 0 Å². The molecule has 0 saturated carbocycles. The highest BCUT2D eigenvalue weighted by Gasteiger charge is 2.23. The van der Waals surface area contributed by atoms with E-state index in [0.29, 0.717) is 17.4 Å². The minimum atomic E-state index is -0.301. The summed E-state index contributed by atoms with van der Waals surface area (Å²) in [6.45, 7) is 1.55. The number of alkyl halides is 1. The standard InChI is InChI=1S/C15H19ClFNO/c16-8-7-12-4-3-9-18(11-12)15(19)10-13-5-1-2-6-14(13)17/h1-2,5-6,12H,3-4,7-11H2. The van der Waals surface area contributed by atoms with E-state index >= 15 is 0 Å². The van der Waals surface area contributed by atoms with E-state index in [-0.39, 0.29) is 18.1 Å². The molecule has 1 atom stereocenters. The Kier molecular flexibility index (Phi) is 5.20. The van der Waals surface area contributed by atoms with Gasteiger partial charge in [0.1, 0.15) is 5.82 Å². The molecule has 19 heavy (non-hydrogen) atoms. The summed E-state index contributed by atoms with van der Waals surface area (Å²) in [5.41, 5.74) is 0.479. The minimum absolute atomic E-state index is 0.0179. The average molecular weight is 284 g/mol. The van der Waals surface area contributed by atoms with E-state index in [4.69, 9.17) is 11.6 Å². The molecule has 1 fully saturated rings. The third-order valence-electron chi connectivity index (χ3n) is 3.69. The molecule has 1 unspecified atom stereocenters. The summed E-state index contributed by atoms with van der Waals surface area (Å²) in [6.07, 6.45) is 3.26. The summed E-state index contributed by atoms with van der Waals surface area (Å²) in [5.74, 6) is 0.852. The van der Waals surface area contributed by atoms with Crippen molar-refractivity contribution in [1.82, 2.24) is 4.90 Å². The van der Waals surface area contributed by atoms with Crippen LogP contribution in [0.25, 0.3) is 0 Å². The molecule has 2 nitrogen and oxygen atoms in total. The molecule has 0 N–H and O–H groups in total. The van der Waals surface area contributed by atoms with Crippen molar-refractivity contribution in [2.24, 2.45) is 5.92 Å². The second kappa shape index (κ2) is 6.90. The van der Waals surface area contributed by atoms with Gasteiger partial charge in [0.05, 0.1) is 6.42 Å². The van der Waals surface area contributed by atoms with Gasteiger partial charge in [0.2, 0.25) is 5.91 Å². The summed E-state index contributed by atoms with van der Waals surface area (Å²) in [7, 11) is 0.